The average Bonchev–Trinajstić information content (AvgIpc) is 3.26. The van der Waals surface area contributed by atoms with Gasteiger partial charge in [0, 0.05) is 10.6 Å². The summed E-state index contributed by atoms with van der Waals surface area (Å²) >= 11 is 12.4. The highest BCUT2D eigenvalue weighted by Crippen LogP contribution is 2.44. The first-order chi connectivity index (χ1) is 14.1. The van der Waals surface area contributed by atoms with Gasteiger partial charge in [0.1, 0.15) is 30.2 Å². The van der Waals surface area contributed by atoms with Gasteiger partial charge in [0.15, 0.2) is 0 Å². The Labute approximate surface area is 180 Å². The van der Waals surface area contributed by atoms with Crippen molar-refractivity contribution in [2.45, 2.75) is 38.5 Å². The van der Waals surface area contributed by atoms with Gasteiger partial charge in [0.25, 0.3) is 0 Å². The van der Waals surface area contributed by atoms with E-state index in [-0.39, 0.29) is 0 Å². The molecule has 29 heavy (non-hydrogen) atoms. The van der Waals surface area contributed by atoms with Crippen molar-refractivity contribution in [3.63, 3.8) is 0 Å². The van der Waals surface area contributed by atoms with Crippen LogP contribution >= 0.6 is 23.2 Å². The summed E-state index contributed by atoms with van der Waals surface area (Å²) in [6.07, 6.45) is 4.50. The van der Waals surface area contributed by atoms with E-state index in [2.05, 4.69) is 10.1 Å². The van der Waals surface area contributed by atoms with Gasteiger partial charge in [0.05, 0.1) is 11.6 Å². The lowest BCUT2D eigenvalue weighted by molar-refractivity contribution is -0.262. The molecule has 3 aromatic rings. The first kappa shape index (κ1) is 21.6. The van der Waals surface area contributed by atoms with E-state index in [1.165, 1.54) is 6.33 Å². The molecule has 0 bridgehead atoms. The van der Waals surface area contributed by atoms with Gasteiger partial charge in [-0.25, -0.2) is 9.67 Å². The summed E-state index contributed by atoms with van der Waals surface area (Å²) in [6, 6.07) is 11.7. The fraction of sp³-hybridized carbons (Fsp3) is 0.333. The average molecular weight is 436 g/mol. The van der Waals surface area contributed by atoms with E-state index in [4.69, 9.17) is 32.7 Å². The number of rotatable bonds is 4. The number of halogens is 2. The fourth-order valence-electron chi connectivity index (χ4n) is 3.23. The number of aromatic nitrogens is 3. The number of ether oxygens (including phenoxy) is 2. The van der Waals surface area contributed by atoms with Crippen LogP contribution in [0.1, 0.15) is 38.3 Å². The normalized spacial score (nSPS) is 21.2. The van der Waals surface area contributed by atoms with Gasteiger partial charge >= 0.3 is 0 Å². The molecule has 2 unspecified atom stereocenters. The number of hydrogen-bond acceptors (Lipinski definition) is 5. The molecule has 0 aliphatic carbocycles. The van der Waals surface area contributed by atoms with Crippen LogP contribution in [-0.2, 0) is 10.5 Å². The highest BCUT2D eigenvalue weighted by atomic mass is 35.5. The Hall–Kier alpha value is -2.12. The van der Waals surface area contributed by atoms with E-state index >= 15 is 0 Å². The highest BCUT2D eigenvalue weighted by molar-refractivity contribution is 6.31. The minimum absolute atomic E-state index is 0.343. The van der Waals surface area contributed by atoms with Crippen molar-refractivity contribution < 1.29 is 14.6 Å². The molecule has 0 spiro atoms. The molecule has 1 fully saturated rings. The molecule has 154 valence electrons. The molecule has 0 saturated carbocycles. The maximum absolute atomic E-state index is 11.3. The molecule has 1 N–H and O–H groups in total. The maximum atomic E-state index is 11.3. The minimum Gasteiger partial charge on any atom is -0.457 e. The van der Waals surface area contributed by atoms with Gasteiger partial charge in [-0.2, -0.15) is 5.10 Å². The van der Waals surface area contributed by atoms with Crippen LogP contribution in [0.25, 0.3) is 0 Å². The molecule has 1 aromatic heterocycles. The van der Waals surface area contributed by atoms with Crippen molar-refractivity contribution in [1.29, 1.82) is 0 Å². The van der Waals surface area contributed by atoms with Gasteiger partial charge < -0.3 is 14.6 Å². The minimum atomic E-state index is -1.60. The van der Waals surface area contributed by atoms with E-state index in [1.54, 1.807) is 53.5 Å². The zero-order valence-corrected chi connectivity index (χ0v) is 17.8. The Bertz CT molecular complexity index is 919. The van der Waals surface area contributed by atoms with Crippen LogP contribution in [-0.4, -0.2) is 26.5 Å². The molecule has 6 nitrogen and oxygen atoms in total. The van der Waals surface area contributed by atoms with Crippen LogP contribution < -0.4 is 4.74 Å². The predicted molar refractivity (Wildman–Crippen MR) is 112 cm³/mol. The molecular formula is C21H23Cl2N3O3. The molecule has 1 aliphatic rings. The summed E-state index contributed by atoms with van der Waals surface area (Å²) < 4.78 is 13.2. The van der Waals surface area contributed by atoms with E-state index in [0.29, 0.717) is 40.1 Å². The monoisotopic (exact) mass is 435 g/mol. The molecule has 2 heterocycles. The maximum Gasteiger partial charge on any atom is 0.217 e. The number of hydrogen-bond donors (Lipinski definition) is 1. The molecule has 1 aliphatic heterocycles. The second kappa shape index (κ2) is 9.59. The third-order valence-corrected chi connectivity index (χ3v) is 5.09. The van der Waals surface area contributed by atoms with Crippen LogP contribution in [0.15, 0.2) is 55.1 Å². The second-order valence-corrected chi connectivity index (χ2v) is 7.12. The molecule has 8 heteroatoms. The molecule has 0 amide bonds. The summed E-state index contributed by atoms with van der Waals surface area (Å²) in [6.45, 7) is 4.43. The Balaban J connectivity index is 0.00000117. The van der Waals surface area contributed by atoms with Crippen molar-refractivity contribution in [3.8, 4) is 11.5 Å². The number of nitrogens with zero attached hydrogens (tertiary/aromatic N) is 3. The van der Waals surface area contributed by atoms with Crippen LogP contribution in [0.2, 0.25) is 10.0 Å². The summed E-state index contributed by atoms with van der Waals surface area (Å²) in [4.78, 5) is 3.97. The fourth-order valence-corrected chi connectivity index (χ4v) is 3.66. The van der Waals surface area contributed by atoms with Crippen molar-refractivity contribution in [3.05, 3.63) is 70.7 Å². The Morgan fingerprint density at radius 2 is 1.86 bits per heavy atom. The third-order valence-electron chi connectivity index (χ3n) is 4.53. The number of aliphatic hydroxyl groups is 1. The van der Waals surface area contributed by atoms with Gasteiger partial charge in [-0.3, -0.25) is 0 Å². The quantitative estimate of drug-likeness (QED) is 0.577. The summed E-state index contributed by atoms with van der Waals surface area (Å²) in [5.74, 6) is -0.416. The first-order valence-corrected chi connectivity index (χ1v) is 10.3. The molecule has 2 atom stereocenters. The van der Waals surface area contributed by atoms with Crippen molar-refractivity contribution in [2.24, 2.45) is 0 Å². The van der Waals surface area contributed by atoms with E-state index in [9.17, 15) is 5.11 Å². The summed E-state index contributed by atoms with van der Waals surface area (Å²) in [5.41, 5.74) is 0.466. The lowest BCUT2D eigenvalue weighted by atomic mass is 9.92. The van der Waals surface area contributed by atoms with Crippen molar-refractivity contribution in [2.75, 3.05) is 6.61 Å². The summed E-state index contributed by atoms with van der Waals surface area (Å²) in [7, 11) is 0. The largest absolute Gasteiger partial charge is 0.457 e. The molecule has 0 radical (unpaired) electrons. The topological polar surface area (TPSA) is 69.4 Å². The lowest BCUT2D eigenvalue weighted by Crippen LogP contribution is -2.43. The van der Waals surface area contributed by atoms with Gasteiger partial charge in [-0.1, -0.05) is 37.0 Å². The Morgan fingerprint density at radius 1 is 1.14 bits per heavy atom. The van der Waals surface area contributed by atoms with Crippen LogP contribution in [0.3, 0.4) is 0 Å². The summed E-state index contributed by atoms with van der Waals surface area (Å²) in [5, 5.41) is 16.4. The van der Waals surface area contributed by atoms with Crippen LogP contribution in [0.5, 0.6) is 11.5 Å². The zero-order chi connectivity index (χ0) is 20.9. The predicted octanol–water partition coefficient (Wildman–Crippen LogP) is 5.60. The molecule has 1 saturated heterocycles. The van der Waals surface area contributed by atoms with E-state index in [1.807, 2.05) is 13.8 Å². The number of benzene rings is 2. The Kier molecular flexibility index (Phi) is 7.14. The second-order valence-electron chi connectivity index (χ2n) is 6.28. The van der Waals surface area contributed by atoms with Gasteiger partial charge in [-0.05, 0) is 55.3 Å². The van der Waals surface area contributed by atoms with Gasteiger partial charge in [0.2, 0.25) is 5.79 Å². The molecule has 4 rings (SSSR count). The van der Waals surface area contributed by atoms with Crippen molar-refractivity contribution in [1.82, 2.24) is 14.8 Å². The lowest BCUT2D eigenvalue weighted by Gasteiger charge is -2.40. The zero-order valence-electron chi connectivity index (χ0n) is 16.3. The van der Waals surface area contributed by atoms with Gasteiger partial charge in [-0.15, -0.1) is 0 Å². The van der Waals surface area contributed by atoms with Crippen LogP contribution in [0, 0.1) is 0 Å². The molecular weight excluding hydrogens is 413 g/mol. The molecule has 2 aromatic carbocycles. The van der Waals surface area contributed by atoms with E-state index in [0.717, 1.165) is 6.42 Å². The highest BCUT2D eigenvalue weighted by Gasteiger charge is 2.45. The van der Waals surface area contributed by atoms with Crippen LogP contribution in [0.4, 0.5) is 0 Å². The third kappa shape index (κ3) is 4.73. The van der Waals surface area contributed by atoms with E-state index < -0.39 is 11.8 Å². The SMILES string of the molecule is CC.OC1(c2ccc(Oc3ccc(Cl)cc3)cc2Cl)OCCCC1n1cncn1. The standard InChI is InChI=1S/C19H17Cl2N3O3.C2H6/c20-13-3-5-14(6-4-13)27-15-7-8-16(17(21)10-15)19(25)18(2-1-9-26-19)24-12-22-11-23-24;1-2/h3-8,10-12,18,25H,1-2,9H2;1-2H3. The first-order valence-electron chi connectivity index (χ1n) is 9.50. The Morgan fingerprint density at radius 3 is 2.52 bits per heavy atom. The van der Waals surface area contributed by atoms with Crippen molar-refractivity contribution >= 4 is 23.2 Å². The smallest absolute Gasteiger partial charge is 0.217 e.